The largest absolute Gasteiger partial charge is 0.481 e. The molecule has 0 aliphatic carbocycles. The molecule has 1 fully saturated rings. The molecule has 2 unspecified atom stereocenters. The van der Waals surface area contributed by atoms with E-state index in [-0.39, 0.29) is 12.0 Å². The van der Waals surface area contributed by atoms with Gasteiger partial charge in [0.15, 0.2) is 6.10 Å². The summed E-state index contributed by atoms with van der Waals surface area (Å²) in [5.74, 6) is -0.0218. The number of rotatable bonds is 6. The van der Waals surface area contributed by atoms with Gasteiger partial charge in [-0.05, 0) is 49.1 Å². The second-order valence-corrected chi connectivity index (χ2v) is 6.48. The van der Waals surface area contributed by atoms with Gasteiger partial charge in [-0.2, -0.15) is 0 Å². The highest BCUT2D eigenvalue weighted by molar-refractivity contribution is 5.85. The number of hydrogen-bond donors (Lipinski definition) is 2. The molecule has 1 saturated heterocycles. The van der Waals surface area contributed by atoms with E-state index in [2.05, 4.69) is 10.9 Å². The Bertz CT molecular complexity index is 771. The van der Waals surface area contributed by atoms with Crippen molar-refractivity contribution in [1.82, 2.24) is 10.9 Å². The molecule has 1 aliphatic rings. The molecule has 0 aromatic heterocycles. The van der Waals surface area contributed by atoms with Gasteiger partial charge >= 0.3 is 0 Å². The molecule has 2 atom stereocenters. The van der Waals surface area contributed by atoms with Crippen LogP contribution in [0.1, 0.15) is 32.6 Å². The zero-order valence-electron chi connectivity index (χ0n) is 14.9. The smallest absolute Gasteiger partial charge is 0.279 e. The van der Waals surface area contributed by atoms with E-state index in [1.165, 1.54) is 0 Å². The van der Waals surface area contributed by atoms with Gasteiger partial charge in [0, 0.05) is 13.0 Å². The summed E-state index contributed by atoms with van der Waals surface area (Å²) in [6, 6.07) is 13.6. The maximum Gasteiger partial charge on any atom is 0.279 e. The van der Waals surface area contributed by atoms with Crippen LogP contribution in [0.25, 0.3) is 10.8 Å². The normalized spacial score (nSPS) is 17.7. The summed E-state index contributed by atoms with van der Waals surface area (Å²) in [5.41, 5.74) is 4.84. The first-order chi connectivity index (χ1) is 12.6. The molecule has 138 valence electrons. The van der Waals surface area contributed by atoms with E-state index in [9.17, 15) is 9.59 Å². The third-order valence-electron chi connectivity index (χ3n) is 4.45. The van der Waals surface area contributed by atoms with Crippen molar-refractivity contribution in [3.05, 3.63) is 42.5 Å². The van der Waals surface area contributed by atoms with Crippen molar-refractivity contribution in [2.75, 3.05) is 6.61 Å². The molecular weight excluding hydrogens is 332 g/mol. The third kappa shape index (κ3) is 4.95. The van der Waals surface area contributed by atoms with Crippen LogP contribution in [0.5, 0.6) is 5.75 Å². The molecule has 6 nitrogen and oxygen atoms in total. The first-order valence-electron chi connectivity index (χ1n) is 8.97. The van der Waals surface area contributed by atoms with Crippen LogP contribution in [0, 0.1) is 0 Å². The molecule has 2 aromatic rings. The van der Waals surface area contributed by atoms with Crippen LogP contribution in [-0.2, 0) is 14.3 Å². The lowest BCUT2D eigenvalue weighted by atomic mass is 10.1. The van der Waals surface area contributed by atoms with Gasteiger partial charge in [0.2, 0.25) is 5.91 Å². The first-order valence-corrected chi connectivity index (χ1v) is 8.97. The standard InChI is InChI=1S/C20H24N2O4/c1-14(26-18-9-8-15-5-2-3-6-16(15)13-18)20(24)22-21-19(23)11-10-17-7-4-12-25-17/h2-3,5-6,8-9,13-14,17H,4,7,10-12H2,1H3,(H,21,23)(H,22,24). The fourth-order valence-corrected chi connectivity index (χ4v) is 2.96. The molecule has 2 N–H and O–H groups in total. The lowest BCUT2D eigenvalue weighted by Crippen LogP contribution is -2.47. The Balaban J connectivity index is 1.43. The number of hydrazine groups is 1. The number of amides is 2. The average molecular weight is 356 g/mol. The van der Waals surface area contributed by atoms with E-state index in [0.29, 0.717) is 18.6 Å². The van der Waals surface area contributed by atoms with Gasteiger partial charge in [-0.15, -0.1) is 0 Å². The Labute approximate surface area is 152 Å². The minimum absolute atomic E-state index is 0.159. The summed E-state index contributed by atoms with van der Waals surface area (Å²) in [7, 11) is 0. The minimum atomic E-state index is -0.727. The van der Waals surface area contributed by atoms with E-state index in [1.54, 1.807) is 6.92 Å². The highest BCUT2D eigenvalue weighted by atomic mass is 16.5. The van der Waals surface area contributed by atoms with Crippen LogP contribution in [0.2, 0.25) is 0 Å². The number of carbonyl (C=O) groups is 2. The molecule has 0 saturated carbocycles. The Kier molecular flexibility index (Phi) is 6.07. The lowest BCUT2D eigenvalue weighted by Gasteiger charge is -2.16. The minimum Gasteiger partial charge on any atom is -0.481 e. The maximum absolute atomic E-state index is 12.1. The summed E-state index contributed by atoms with van der Waals surface area (Å²) >= 11 is 0. The van der Waals surface area contributed by atoms with Crippen molar-refractivity contribution in [3.63, 3.8) is 0 Å². The third-order valence-corrected chi connectivity index (χ3v) is 4.45. The second kappa shape index (κ2) is 8.67. The molecule has 0 bridgehead atoms. The van der Waals surface area contributed by atoms with Crippen LogP contribution in [0.3, 0.4) is 0 Å². The number of carbonyl (C=O) groups excluding carboxylic acids is 2. The van der Waals surface area contributed by atoms with Crippen molar-refractivity contribution in [2.45, 2.75) is 44.8 Å². The fourth-order valence-electron chi connectivity index (χ4n) is 2.96. The summed E-state index contributed by atoms with van der Waals surface area (Å²) in [5, 5.41) is 2.15. The Morgan fingerprint density at radius 3 is 2.77 bits per heavy atom. The zero-order valence-corrected chi connectivity index (χ0v) is 14.9. The summed E-state index contributed by atoms with van der Waals surface area (Å²) in [6.07, 6.45) is 2.47. The molecule has 2 aromatic carbocycles. The number of ether oxygens (including phenoxy) is 2. The molecule has 1 aliphatic heterocycles. The topological polar surface area (TPSA) is 76.7 Å². The Hall–Kier alpha value is -2.60. The van der Waals surface area contributed by atoms with Gasteiger partial charge in [-0.1, -0.05) is 30.3 Å². The quantitative estimate of drug-likeness (QED) is 0.780. The Morgan fingerprint density at radius 2 is 2.00 bits per heavy atom. The van der Waals surface area contributed by atoms with Crippen LogP contribution in [-0.4, -0.2) is 30.6 Å². The molecule has 0 spiro atoms. The first kappa shape index (κ1) is 18.2. The zero-order chi connectivity index (χ0) is 18.4. The molecule has 3 rings (SSSR count). The summed E-state index contributed by atoms with van der Waals surface area (Å²) in [4.78, 5) is 23.9. The molecule has 1 heterocycles. The van der Waals surface area contributed by atoms with E-state index in [0.717, 1.165) is 30.2 Å². The summed E-state index contributed by atoms with van der Waals surface area (Å²) in [6.45, 7) is 2.41. The van der Waals surface area contributed by atoms with Crippen LogP contribution < -0.4 is 15.6 Å². The Morgan fingerprint density at radius 1 is 1.19 bits per heavy atom. The maximum atomic E-state index is 12.1. The number of hydrogen-bond acceptors (Lipinski definition) is 4. The van der Waals surface area contributed by atoms with E-state index >= 15 is 0 Å². The van der Waals surface area contributed by atoms with E-state index < -0.39 is 12.0 Å². The molecule has 6 heteroatoms. The highest BCUT2D eigenvalue weighted by Gasteiger charge is 2.18. The van der Waals surface area contributed by atoms with Gasteiger partial charge in [0.05, 0.1) is 6.10 Å². The average Bonchev–Trinajstić information content (AvgIpc) is 3.18. The van der Waals surface area contributed by atoms with Gasteiger partial charge in [0.1, 0.15) is 5.75 Å². The molecular formula is C20H24N2O4. The van der Waals surface area contributed by atoms with Crippen molar-refractivity contribution >= 4 is 22.6 Å². The summed E-state index contributed by atoms with van der Waals surface area (Å²) < 4.78 is 11.2. The van der Waals surface area contributed by atoms with Crippen molar-refractivity contribution in [1.29, 1.82) is 0 Å². The van der Waals surface area contributed by atoms with E-state index in [4.69, 9.17) is 9.47 Å². The second-order valence-electron chi connectivity index (χ2n) is 6.48. The number of nitrogens with one attached hydrogen (secondary N) is 2. The lowest BCUT2D eigenvalue weighted by molar-refractivity contribution is -0.132. The van der Waals surface area contributed by atoms with Crippen LogP contribution >= 0.6 is 0 Å². The molecule has 0 radical (unpaired) electrons. The number of benzene rings is 2. The fraction of sp³-hybridized carbons (Fsp3) is 0.400. The highest BCUT2D eigenvalue weighted by Crippen LogP contribution is 2.21. The van der Waals surface area contributed by atoms with Gasteiger partial charge in [-0.3, -0.25) is 20.4 Å². The van der Waals surface area contributed by atoms with Crippen molar-refractivity contribution < 1.29 is 19.1 Å². The predicted octanol–water partition coefficient (Wildman–Crippen LogP) is 2.71. The van der Waals surface area contributed by atoms with Crippen molar-refractivity contribution in [2.24, 2.45) is 0 Å². The van der Waals surface area contributed by atoms with E-state index in [1.807, 2.05) is 42.5 Å². The number of fused-ring (bicyclic) bond motifs is 1. The SMILES string of the molecule is CC(Oc1ccc2ccccc2c1)C(=O)NNC(=O)CCC1CCCO1. The van der Waals surface area contributed by atoms with Gasteiger partial charge in [-0.25, -0.2) is 0 Å². The van der Waals surface area contributed by atoms with Crippen LogP contribution in [0.15, 0.2) is 42.5 Å². The predicted molar refractivity (Wildman–Crippen MR) is 98.5 cm³/mol. The van der Waals surface area contributed by atoms with Crippen molar-refractivity contribution in [3.8, 4) is 5.75 Å². The van der Waals surface area contributed by atoms with Crippen LogP contribution in [0.4, 0.5) is 0 Å². The molecule has 26 heavy (non-hydrogen) atoms. The van der Waals surface area contributed by atoms with Gasteiger partial charge < -0.3 is 9.47 Å². The molecule has 2 amide bonds. The van der Waals surface area contributed by atoms with Gasteiger partial charge in [0.25, 0.3) is 5.91 Å². The monoisotopic (exact) mass is 356 g/mol.